The molecule has 0 aliphatic heterocycles. The molecule has 0 unspecified atom stereocenters. The van der Waals surface area contributed by atoms with Gasteiger partial charge in [0, 0.05) is 23.8 Å². The van der Waals surface area contributed by atoms with Crippen molar-refractivity contribution >= 4 is 28.4 Å². The summed E-state index contributed by atoms with van der Waals surface area (Å²) < 4.78 is 4.06. The lowest BCUT2D eigenvalue weighted by Gasteiger charge is -1.97. The monoisotopic (exact) mass is 189 g/mol. The van der Waals surface area contributed by atoms with E-state index in [1.165, 1.54) is 11.5 Å². The number of nitrogens with zero attached hydrogens (tertiary/aromatic N) is 2. The van der Waals surface area contributed by atoms with Gasteiger partial charge in [0.05, 0.1) is 0 Å². The average molecular weight is 189 g/mol. The molecule has 0 amide bonds. The van der Waals surface area contributed by atoms with E-state index in [1.807, 2.05) is 18.7 Å². The van der Waals surface area contributed by atoms with E-state index in [0.29, 0.717) is 0 Å². The molecule has 3 nitrogen and oxygen atoms in total. The molecule has 0 spiro atoms. The molecule has 0 fully saturated rings. The van der Waals surface area contributed by atoms with Crippen molar-refractivity contribution in [2.45, 2.75) is 6.92 Å². The maximum Gasteiger partial charge on any atom is 0.202 e. The zero-order valence-corrected chi connectivity index (χ0v) is 8.26. The first-order valence-electron chi connectivity index (χ1n) is 3.36. The van der Waals surface area contributed by atoms with E-state index in [1.54, 1.807) is 0 Å². The Hall–Kier alpha value is -0.290. The highest BCUT2D eigenvalue weighted by Gasteiger charge is 1.96. The fourth-order valence-corrected chi connectivity index (χ4v) is 1.53. The third kappa shape index (κ3) is 3.07. The largest absolute Gasteiger partial charge is 0.359 e. The van der Waals surface area contributed by atoms with Crippen molar-refractivity contribution < 1.29 is 0 Å². The first kappa shape index (κ1) is 8.80. The smallest absolute Gasteiger partial charge is 0.202 e. The number of aryl methyl sites for hydroxylation is 1. The summed E-state index contributed by atoms with van der Waals surface area (Å²) in [6.07, 6.45) is 2.09. The Kier molecular flexibility index (Phi) is 3.65. The van der Waals surface area contributed by atoms with Crippen LogP contribution >= 0.6 is 23.3 Å². The molecule has 11 heavy (non-hydrogen) atoms. The maximum atomic E-state index is 4.17. The highest BCUT2D eigenvalue weighted by Crippen LogP contribution is 2.09. The Morgan fingerprint density at radius 2 is 2.45 bits per heavy atom. The summed E-state index contributed by atoms with van der Waals surface area (Å²) >= 11 is 3.24. The van der Waals surface area contributed by atoms with Gasteiger partial charge in [0.1, 0.15) is 5.82 Å². The van der Waals surface area contributed by atoms with Gasteiger partial charge in [-0.2, -0.15) is 16.1 Å². The van der Waals surface area contributed by atoms with E-state index in [2.05, 4.69) is 20.9 Å². The van der Waals surface area contributed by atoms with Crippen LogP contribution in [-0.2, 0) is 0 Å². The quantitative estimate of drug-likeness (QED) is 0.730. The number of hydrogen-bond donors (Lipinski definition) is 1. The molecule has 1 heterocycles. The van der Waals surface area contributed by atoms with Gasteiger partial charge in [0.15, 0.2) is 0 Å². The van der Waals surface area contributed by atoms with Crippen LogP contribution in [0.2, 0.25) is 0 Å². The van der Waals surface area contributed by atoms with E-state index >= 15 is 0 Å². The van der Waals surface area contributed by atoms with E-state index in [9.17, 15) is 0 Å². The molecule has 1 aromatic heterocycles. The fraction of sp³-hybridized carbons (Fsp3) is 0.667. The summed E-state index contributed by atoms with van der Waals surface area (Å²) in [6.45, 7) is 2.87. The van der Waals surface area contributed by atoms with Gasteiger partial charge in [-0.05, 0) is 13.2 Å². The molecule has 0 bridgehead atoms. The standard InChI is InChI=1S/C6H11N3S2/c1-5-8-6(11-9-5)7-3-4-10-2/h3-4H2,1-2H3,(H,7,8,9). The van der Waals surface area contributed by atoms with Crippen molar-refractivity contribution in [2.24, 2.45) is 0 Å². The Bertz CT molecular complexity index is 211. The number of anilines is 1. The van der Waals surface area contributed by atoms with Crippen molar-refractivity contribution in [1.29, 1.82) is 0 Å². The van der Waals surface area contributed by atoms with Crippen LogP contribution in [0.3, 0.4) is 0 Å². The molecule has 1 rings (SSSR count). The van der Waals surface area contributed by atoms with Crippen LogP contribution in [0.15, 0.2) is 0 Å². The molecule has 62 valence electrons. The van der Waals surface area contributed by atoms with Crippen molar-refractivity contribution in [3.8, 4) is 0 Å². The fourth-order valence-electron chi connectivity index (χ4n) is 0.629. The number of thioether (sulfide) groups is 1. The summed E-state index contributed by atoms with van der Waals surface area (Å²) in [7, 11) is 0. The molecule has 5 heteroatoms. The molecule has 0 saturated heterocycles. The summed E-state index contributed by atoms with van der Waals surface area (Å²) in [5.74, 6) is 1.96. The number of nitrogens with one attached hydrogen (secondary N) is 1. The van der Waals surface area contributed by atoms with Gasteiger partial charge in [0.25, 0.3) is 0 Å². The Morgan fingerprint density at radius 1 is 1.64 bits per heavy atom. The Morgan fingerprint density at radius 3 is 3.00 bits per heavy atom. The van der Waals surface area contributed by atoms with Crippen LogP contribution in [0.1, 0.15) is 5.82 Å². The van der Waals surface area contributed by atoms with Crippen LogP contribution in [0.4, 0.5) is 5.13 Å². The molecular formula is C6H11N3S2. The van der Waals surface area contributed by atoms with Gasteiger partial charge in [-0.1, -0.05) is 0 Å². The minimum Gasteiger partial charge on any atom is -0.359 e. The number of hydrogen-bond acceptors (Lipinski definition) is 5. The van der Waals surface area contributed by atoms with Gasteiger partial charge in [-0.3, -0.25) is 0 Å². The normalized spacial score (nSPS) is 10.0. The first-order valence-corrected chi connectivity index (χ1v) is 5.53. The third-order valence-corrected chi connectivity index (χ3v) is 2.49. The minimum absolute atomic E-state index is 0.849. The van der Waals surface area contributed by atoms with Gasteiger partial charge in [-0.15, -0.1) is 0 Å². The lowest BCUT2D eigenvalue weighted by atomic mass is 10.7. The second kappa shape index (κ2) is 4.56. The Labute approximate surface area is 74.8 Å². The summed E-state index contributed by atoms with van der Waals surface area (Å²) in [5.41, 5.74) is 0. The summed E-state index contributed by atoms with van der Waals surface area (Å²) in [4.78, 5) is 4.17. The molecule has 0 aromatic carbocycles. The zero-order valence-electron chi connectivity index (χ0n) is 6.63. The predicted molar refractivity (Wildman–Crippen MR) is 51.5 cm³/mol. The molecule has 1 aromatic rings. The van der Waals surface area contributed by atoms with Gasteiger partial charge in [0.2, 0.25) is 5.13 Å². The average Bonchev–Trinajstić information content (AvgIpc) is 2.37. The van der Waals surface area contributed by atoms with Gasteiger partial charge < -0.3 is 5.32 Å². The second-order valence-corrected chi connectivity index (χ2v) is 3.80. The molecular weight excluding hydrogens is 178 g/mol. The molecule has 0 aliphatic carbocycles. The molecule has 0 atom stereocenters. The van der Waals surface area contributed by atoms with Crippen LogP contribution in [-0.4, -0.2) is 27.9 Å². The van der Waals surface area contributed by atoms with E-state index in [-0.39, 0.29) is 0 Å². The minimum atomic E-state index is 0.849. The molecule has 0 saturated carbocycles. The second-order valence-electron chi connectivity index (χ2n) is 2.07. The number of rotatable bonds is 4. The summed E-state index contributed by atoms with van der Waals surface area (Å²) in [5, 5.41) is 4.12. The third-order valence-electron chi connectivity index (χ3n) is 1.11. The van der Waals surface area contributed by atoms with E-state index in [4.69, 9.17) is 0 Å². The highest BCUT2D eigenvalue weighted by molar-refractivity contribution is 7.98. The SMILES string of the molecule is CSCCNc1nc(C)ns1. The molecule has 0 radical (unpaired) electrons. The highest BCUT2D eigenvalue weighted by atomic mass is 32.2. The van der Waals surface area contributed by atoms with Crippen molar-refractivity contribution in [1.82, 2.24) is 9.36 Å². The summed E-state index contributed by atoms with van der Waals surface area (Å²) in [6, 6.07) is 0. The number of aromatic nitrogens is 2. The molecule has 1 N–H and O–H groups in total. The van der Waals surface area contributed by atoms with Crippen molar-refractivity contribution in [3.63, 3.8) is 0 Å². The van der Waals surface area contributed by atoms with Crippen LogP contribution in [0.5, 0.6) is 0 Å². The van der Waals surface area contributed by atoms with Crippen LogP contribution < -0.4 is 5.32 Å². The zero-order chi connectivity index (χ0) is 8.10. The lowest BCUT2D eigenvalue weighted by Crippen LogP contribution is -2.02. The van der Waals surface area contributed by atoms with Crippen molar-refractivity contribution in [3.05, 3.63) is 5.82 Å². The predicted octanol–water partition coefficient (Wildman–Crippen LogP) is 1.62. The van der Waals surface area contributed by atoms with Crippen LogP contribution in [0.25, 0.3) is 0 Å². The van der Waals surface area contributed by atoms with Gasteiger partial charge in [-0.25, -0.2) is 4.98 Å². The lowest BCUT2D eigenvalue weighted by molar-refractivity contribution is 1.13. The topological polar surface area (TPSA) is 37.8 Å². The van der Waals surface area contributed by atoms with Gasteiger partial charge >= 0.3 is 0 Å². The van der Waals surface area contributed by atoms with Crippen molar-refractivity contribution in [2.75, 3.05) is 23.9 Å². The van der Waals surface area contributed by atoms with E-state index < -0.39 is 0 Å². The maximum absolute atomic E-state index is 4.17. The Balaban J connectivity index is 2.27. The first-order chi connectivity index (χ1) is 5.33. The van der Waals surface area contributed by atoms with E-state index in [0.717, 1.165) is 23.3 Å². The van der Waals surface area contributed by atoms with Crippen LogP contribution in [0, 0.1) is 6.92 Å². The molecule has 0 aliphatic rings.